The molecule has 0 spiro atoms. The standard InChI is InChI=1S/C17H16NP/c18-13-19(16-8-2-1-3-9-16)17-11-10-14-6-4-5-7-15(14)12-17/h1-12H,13,18H2. The summed E-state index contributed by atoms with van der Waals surface area (Å²) < 4.78 is 0. The molecule has 1 atom stereocenters. The van der Waals surface area contributed by atoms with E-state index in [4.69, 9.17) is 5.73 Å². The molecule has 0 aromatic heterocycles. The third kappa shape index (κ3) is 2.53. The molecule has 0 radical (unpaired) electrons. The summed E-state index contributed by atoms with van der Waals surface area (Å²) in [5.41, 5.74) is 6.01. The molecule has 0 fully saturated rings. The minimum atomic E-state index is -0.444. The van der Waals surface area contributed by atoms with Crippen LogP contribution in [0.15, 0.2) is 72.8 Å². The Kier molecular flexibility index (Phi) is 3.59. The highest BCUT2D eigenvalue weighted by Crippen LogP contribution is 2.32. The largest absolute Gasteiger partial charge is 0.326 e. The topological polar surface area (TPSA) is 26.0 Å². The van der Waals surface area contributed by atoms with Crippen LogP contribution in [0.2, 0.25) is 0 Å². The Balaban J connectivity index is 2.06. The maximum atomic E-state index is 6.01. The normalized spacial score (nSPS) is 12.5. The summed E-state index contributed by atoms with van der Waals surface area (Å²) >= 11 is 0. The summed E-state index contributed by atoms with van der Waals surface area (Å²) in [6.45, 7) is 0. The zero-order chi connectivity index (χ0) is 13.1. The highest BCUT2D eigenvalue weighted by Gasteiger charge is 2.11. The van der Waals surface area contributed by atoms with Gasteiger partial charge in [-0.1, -0.05) is 66.7 Å². The number of rotatable bonds is 3. The molecule has 1 nitrogen and oxygen atoms in total. The van der Waals surface area contributed by atoms with E-state index in [0.29, 0.717) is 6.29 Å². The van der Waals surface area contributed by atoms with Crippen molar-refractivity contribution in [3.63, 3.8) is 0 Å². The van der Waals surface area contributed by atoms with E-state index in [0.717, 1.165) is 0 Å². The maximum Gasteiger partial charge on any atom is 0.0210 e. The Morgan fingerprint density at radius 3 is 2.11 bits per heavy atom. The molecule has 2 heteroatoms. The SMILES string of the molecule is NCP(c1ccccc1)c1ccc2ccccc2c1. The summed E-state index contributed by atoms with van der Waals surface area (Å²) in [4.78, 5) is 0. The van der Waals surface area contributed by atoms with Gasteiger partial charge >= 0.3 is 0 Å². The van der Waals surface area contributed by atoms with Crippen molar-refractivity contribution in [2.45, 2.75) is 0 Å². The molecular weight excluding hydrogens is 249 g/mol. The number of nitrogens with two attached hydrogens (primary N) is 1. The smallest absolute Gasteiger partial charge is 0.0210 e. The zero-order valence-electron chi connectivity index (χ0n) is 10.7. The fourth-order valence-electron chi connectivity index (χ4n) is 2.31. The second-order valence-electron chi connectivity index (χ2n) is 4.48. The molecule has 0 saturated carbocycles. The van der Waals surface area contributed by atoms with Crippen LogP contribution in [0.25, 0.3) is 10.8 Å². The minimum Gasteiger partial charge on any atom is -0.326 e. The minimum absolute atomic E-state index is 0.444. The van der Waals surface area contributed by atoms with E-state index in [1.54, 1.807) is 0 Å². The van der Waals surface area contributed by atoms with Gasteiger partial charge in [-0.15, -0.1) is 0 Å². The van der Waals surface area contributed by atoms with Crippen molar-refractivity contribution >= 4 is 29.3 Å². The van der Waals surface area contributed by atoms with Crippen molar-refractivity contribution in [3.8, 4) is 0 Å². The van der Waals surface area contributed by atoms with E-state index in [1.165, 1.54) is 21.4 Å². The van der Waals surface area contributed by atoms with Gasteiger partial charge in [-0.3, -0.25) is 0 Å². The van der Waals surface area contributed by atoms with Crippen LogP contribution in [-0.2, 0) is 0 Å². The number of hydrogen-bond donors (Lipinski definition) is 1. The molecule has 3 aromatic carbocycles. The monoisotopic (exact) mass is 265 g/mol. The van der Waals surface area contributed by atoms with Crippen molar-refractivity contribution in [2.75, 3.05) is 6.29 Å². The zero-order valence-corrected chi connectivity index (χ0v) is 11.6. The van der Waals surface area contributed by atoms with Crippen LogP contribution in [0.5, 0.6) is 0 Å². The number of benzene rings is 3. The van der Waals surface area contributed by atoms with Crippen LogP contribution in [0, 0.1) is 0 Å². The lowest BCUT2D eigenvalue weighted by Crippen LogP contribution is -2.17. The van der Waals surface area contributed by atoms with Crippen LogP contribution in [0.3, 0.4) is 0 Å². The van der Waals surface area contributed by atoms with Crippen molar-refractivity contribution < 1.29 is 0 Å². The molecule has 2 N–H and O–H groups in total. The molecule has 0 bridgehead atoms. The van der Waals surface area contributed by atoms with E-state index >= 15 is 0 Å². The Bertz CT molecular complexity index is 679. The molecule has 3 rings (SSSR count). The summed E-state index contributed by atoms with van der Waals surface area (Å²) in [7, 11) is -0.444. The van der Waals surface area contributed by atoms with Gasteiger partial charge in [0.05, 0.1) is 0 Å². The fourth-order valence-corrected chi connectivity index (χ4v) is 4.11. The second kappa shape index (κ2) is 5.52. The van der Waals surface area contributed by atoms with Crippen LogP contribution in [0.1, 0.15) is 0 Å². The summed E-state index contributed by atoms with van der Waals surface area (Å²) in [5.74, 6) is 0. The number of hydrogen-bond acceptors (Lipinski definition) is 1. The molecule has 0 saturated heterocycles. The summed E-state index contributed by atoms with van der Waals surface area (Å²) in [6.07, 6.45) is 0.692. The first-order valence-corrected chi connectivity index (χ1v) is 7.92. The molecule has 3 aromatic rings. The van der Waals surface area contributed by atoms with E-state index in [1.807, 2.05) is 6.07 Å². The first kappa shape index (κ1) is 12.3. The van der Waals surface area contributed by atoms with Gasteiger partial charge in [0.1, 0.15) is 0 Å². The molecule has 19 heavy (non-hydrogen) atoms. The van der Waals surface area contributed by atoms with Crippen LogP contribution in [0.4, 0.5) is 0 Å². The van der Waals surface area contributed by atoms with Gasteiger partial charge in [0.15, 0.2) is 0 Å². The van der Waals surface area contributed by atoms with Crippen molar-refractivity contribution in [1.29, 1.82) is 0 Å². The van der Waals surface area contributed by atoms with Gasteiger partial charge in [0, 0.05) is 6.29 Å². The van der Waals surface area contributed by atoms with E-state index < -0.39 is 7.92 Å². The van der Waals surface area contributed by atoms with E-state index in [9.17, 15) is 0 Å². The van der Waals surface area contributed by atoms with Crippen LogP contribution in [-0.4, -0.2) is 6.29 Å². The first-order valence-electron chi connectivity index (χ1n) is 6.40. The van der Waals surface area contributed by atoms with Gasteiger partial charge in [-0.2, -0.15) is 0 Å². The molecule has 0 aliphatic carbocycles. The van der Waals surface area contributed by atoms with Crippen LogP contribution < -0.4 is 16.3 Å². The molecule has 1 unspecified atom stereocenters. The number of fused-ring (bicyclic) bond motifs is 1. The Labute approximate surface area is 114 Å². The molecular formula is C17H16NP. The quantitative estimate of drug-likeness (QED) is 0.723. The van der Waals surface area contributed by atoms with Gasteiger partial charge in [0.25, 0.3) is 0 Å². The third-order valence-electron chi connectivity index (χ3n) is 3.30. The average molecular weight is 265 g/mol. The molecule has 0 aliphatic heterocycles. The molecule has 0 heterocycles. The van der Waals surface area contributed by atoms with Gasteiger partial charge < -0.3 is 5.73 Å². The lowest BCUT2D eigenvalue weighted by atomic mass is 10.1. The first-order chi connectivity index (χ1) is 9.38. The Morgan fingerprint density at radius 1 is 0.684 bits per heavy atom. The summed E-state index contributed by atoms with van der Waals surface area (Å²) in [6, 6.07) is 25.7. The highest BCUT2D eigenvalue weighted by atomic mass is 31.1. The average Bonchev–Trinajstić information content (AvgIpc) is 2.49. The van der Waals surface area contributed by atoms with Crippen LogP contribution >= 0.6 is 7.92 Å². The van der Waals surface area contributed by atoms with Crippen molar-refractivity contribution in [1.82, 2.24) is 0 Å². The summed E-state index contributed by atoms with van der Waals surface area (Å²) in [5, 5.41) is 5.26. The maximum absolute atomic E-state index is 6.01. The van der Waals surface area contributed by atoms with Gasteiger partial charge in [-0.25, -0.2) is 0 Å². The van der Waals surface area contributed by atoms with Crippen molar-refractivity contribution in [3.05, 3.63) is 72.8 Å². The Hall–Kier alpha value is -1.69. The molecule has 94 valence electrons. The van der Waals surface area contributed by atoms with Gasteiger partial charge in [-0.05, 0) is 35.4 Å². The highest BCUT2D eigenvalue weighted by molar-refractivity contribution is 7.72. The lowest BCUT2D eigenvalue weighted by Gasteiger charge is -2.17. The predicted octanol–water partition coefficient (Wildman–Crippen LogP) is 3.19. The predicted molar refractivity (Wildman–Crippen MR) is 85.6 cm³/mol. The van der Waals surface area contributed by atoms with Gasteiger partial charge in [0.2, 0.25) is 0 Å². The third-order valence-corrected chi connectivity index (χ3v) is 5.48. The molecule has 0 aliphatic rings. The fraction of sp³-hybridized carbons (Fsp3) is 0.0588. The van der Waals surface area contributed by atoms with E-state index in [2.05, 4.69) is 66.7 Å². The molecule has 0 amide bonds. The van der Waals surface area contributed by atoms with Crippen molar-refractivity contribution in [2.24, 2.45) is 5.73 Å². The lowest BCUT2D eigenvalue weighted by molar-refractivity contribution is 1.39. The van der Waals surface area contributed by atoms with E-state index in [-0.39, 0.29) is 0 Å². The Morgan fingerprint density at radius 2 is 1.37 bits per heavy atom. The second-order valence-corrected chi connectivity index (χ2v) is 6.73.